The number of hydrogen-bond donors (Lipinski definition) is 2. The highest BCUT2D eigenvalue weighted by atomic mass is 19.1. The van der Waals surface area contributed by atoms with E-state index >= 15 is 0 Å². The first-order valence-corrected chi connectivity index (χ1v) is 9.02. The summed E-state index contributed by atoms with van der Waals surface area (Å²) in [7, 11) is 0. The predicted octanol–water partition coefficient (Wildman–Crippen LogP) is 3.31. The van der Waals surface area contributed by atoms with Crippen LogP contribution in [0.3, 0.4) is 0 Å². The number of amides is 1. The normalized spacial score (nSPS) is 22.1. The van der Waals surface area contributed by atoms with Gasteiger partial charge in [0.2, 0.25) is 0 Å². The van der Waals surface area contributed by atoms with E-state index in [1.165, 1.54) is 12.1 Å². The van der Waals surface area contributed by atoms with Crippen molar-refractivity contribution in [3.05, 3.63) is 64.5 Å². The molecule has 1 aliphatic carbocycles. The number of nitrogens with one attached hydrogen (secondary N) is 1. The van der Waals surface area contributed by atoms with Crippen molar-refractivity contribution in [2.45, 2.75) is 38.3 Å². The number of aliphatic hydroxyl groups excluding tert-OH is 1. The van der Waals surface area contributed by atoms with Crippen molar-refractivity contribution in [3.63, 3.8) is 0 Å². The molecule has 2 aliphatic rings. The highest BCUT2D eigenvalue weighted by Crippen LogP contribution is 2.40. The average molecular weight is 355 g/mol. The number of fused-ring (bicyclic) bond motifs is 1. The first kappa shape index (κ1) is 17.0. The molecule has 1 saturated carbocycles. The minimum Gasteiger partial charge on any atom is -0.493 e. The van der Waals surface area contributed by atoms with E-state index in [1.54, 1.807) is 13.0 Å². The summed E-state index contributed by atoms with van der Waals surface area (Å²) in [5, 5.41) is 12.7. The third kappa shape index (κ3) is 3.19. The van der Waals surface area contributed by atoms with E-state index in [9.17, 15) is 14.3 Å². The Balaban J connectivity index is 1.60. The lowest BCUT2D eigenvalue weighted by molar-refractivity contribution is 0.0234. The number of rotatable bonds is 4. The van der Waals surface area contributed by atoms with Gasteiger partial charge in [-0.2, -0.15) is 0 Å². The molecule has 0 spiro atoms. The van der Waals surface area contributed by atoms with E-state index in [2.05, 4.69) is 11.4 Å². The van der Waals surface area contributed by atoms with Crippen LogP contribution in [-0.4, -0.2) is 23.7 Å². The SMILES string of the molecule is Cc1ccc(C(=O)N[C@@H](c2ccc3c(c2)CCO3)C2CC(O)C2)c(F)c1. The fourth-order valence-electron chi connectivity index (χ4n) is 3.80. The van der Waals surface area contributed by atoms with E-state index in [4.69, 9.17) is 4.74 Å². The summed E-state index contributed by atoms with van der Waals surface area (Å²) in [4.78, 5) is 12.7. The second-order valence-corrected chi connectivity index (χ2v) is 7.29. The summed E-state index contributed by atoms with van der Waals surface area (Å²) < 4.78 is 19.7. The highest BCUT2D eigenvalue weighted by Gasteiger charge is 2.36. The van der Waals surface area contributed by atoms with Gasteiger partial charge in [0.25, 0.3) is 5.91 Å². The van der Waals surface area contributed by atoms with Crippen molar-refractivity contribution in [3.8, 4) is 5.75 Å². The molecule has 1 amide bonds. The number of carbonyl (C=O) groups excluding carboxylic acids is 1. The topological polar surface area (TPSA) is 58.6 Å². The van der Waals surface area contributed by atoms with Crippen molar-refractivity contribution in [2.75, 3.05) is 6.61 Å². The average Bonchev–Trinajstić information content (AvgIpc) is 3.04. The maximum Gasteiger partial charge on any atom is 0.254 e. The number of ether oxygens (including phenoxy) is 1. The summed E-state index contributed by atoms with van der Waals surface area (Å²) in [6, 6.07) is 10.3. The van der Waals surface area contributed by atoms with E-state index < -0.39 is 11.7 Å². The van der Waals surface area contributed by atoms with Crippen LogP contribution >= 0.6 is 0 Å². The van der Waals surface area contributed by atoms with Crippen molar-refractivity contribution >= 4 is 5.91 Å². The molecule has 4 nitrogen and oxygen atoms in total. The molecule has 0 radical (unpaired) electrons. The molecule has 4 rings (SSSR count). The lowest BCUT2D eigenvalue weighted by atomic mass is 9.74. The summed E-state index contributed by atoms with van der Waals surface area (Å²) in [6.45, 7) is 2.46. The van der Waals surface area contributed by atoms with Gasteiger partial charge in [-0.3, -0.25) is 4.79 Å². The molecule has 2 aromatic carbocycles. The van der Waals surface area contributed by atoms with Gasteiger partial charge in [-0.15, -0.1) is 0 Å². The van der Waals surface area contributed by atoms with Gasteiger partial charge in [-0.25, -0.2) is 4.39 Å². The van der Waals surface area contributed by atoms with Crippen LogP contribution < -0.4 is 10.1 Å². The zero-order valence-corrected chi connectivity index (χ0v) is 14.7. The van der Waals surface area contributed by atoms with Crippen LogP contribution in [0.2, 0.25) is 0 Å². The first-order valence-electron chi connectivity index (χ1n) is 9.02. The molecule has 0 unspecified atom stereocenters. The van der Waals surface area contributed by atoms with E-state index in [0.29, 0.717) is 19.4 Å². The van der Waals surface area contributed by atoms with Gasteiger partial charge in [-0.05, 0) is 66.6 Å². The maximum absolute atomic E-state index is 14.2. The first-order chi connectivity index (χ1) is 12.5. The van der Waals surface area contributed by atoms with E-state index in [0.717, 1.165) is 28.9 Å². The molecular formula is C21H22FNO3. The van der Waals surface area contributed by atoms with Gasteiger partial charge in [0.05, 0.1) is 24.3 Å². The zero-order chi connectivity index (χ0) is 18.3. The summed E-state index contributed by atoms with van der Waals surface area (Å²) in [5.41, 5.74) is 2.93. The number of halogens is 1. The molecule has 2 aromatic rings. The minimum atomic E-state index is -0.516. The maximum atomic E-state index is 14.2. The lowest BCUT2D eigenvalue weighted by Crippen LogP contribution is -2.41. The van der Waals surface area contributed by atoms with Crippen LogP contribution in [0.25, 0.3) is 0 Å². The number of hydrogen-bond acceptors (Lipinski definition) is 3. The summed E-state index contributed by atoms with van der Waals surface area (Å²) in [5.74, 6) is 0.0859. The van der Waals surface area contributed by atoms with Crippen LogP contribution in [0, 0.1) is 18.7 Å². The molecule has 0 bridgehead atoms. The van der Waals surface area contributed by atoms with Gasteiger partial charge in [-0.1, -0.05) is 12.1 Å². The van der Waals surface area contributed by atoms with Crippen LogP contribution in [0.1, 0.15) is 45.9 Å². The van der Waals surface area contributed by atoms with Crippen molar-refractivity contribution in [1.82, 2.24) is 5.32 Å². The van der Waals surface area contributed by atoms with Gasteiger partial charge in [0.15, 0.2) is 0 Å². The van der Waals surface area contributed by atoms with E-state index in [-0.39, 0.29) is 23.6 Å². The molecule has 0 aromatic heterocycles. The Kier molecular flexibility index (Phi) is 4.41. The number of benzene rings is 2. The van der Waals surface area contributed by atoms with Crippen molar-refractivity contribution < 1.29 is 19.0 Å². The molecule has 5 heteroatoms. The van der Waals surface area contributed by atoms with Gasteiger partial charge >= 0.3 is 0 Å². The Bertz CT molecular complexity index is 845. The van der Waals surface area contributed by atoms with Gasteiger partial charge < -0.3 is 15.2 Å². The van der Waals surface area contributed by atoms with Crippen LogP contribution in [0.15, 0.2) is 36.4 Å². The third-order valence-corrected chi connectivity index (χ3v) is 5.35. The zero-order valence-electron chi connectivity index (χ0n) is 14.7. The molecule has 2 N–H and O–H groups in total. The van der Waals surface area contributed by atoms with Crippen LogP contribution in [-0.2, 0) is 6.42 Å². The molecule has 1 fully saturated rings. The molecule has 1 atom stereocenters. The predicted molar refractivity (Wildman–Crippen MR) is 95.7 cm³/mol. The van der Waals surface area contributed by atoms with Crippen LogP contribution in [0.4, 0.5) is 4.39 Å². The molecule has 0 saturated heterocycles. The van der Waals surface area contributed by atoms with Crippen LogP contribution in [0.5, 0.6) is 5.75 Å². The highest BCUT2D eigenvalue weighted by molar-refractivity contribution is 5.94. The monoisotopic (exact) mass is 355 g/mol. The molecule has 136 valence electrons. The molecular weight excluding hydrogens is 333 g/mol. The number of aliphatic hydroxyl groups is 1. The smallest absolute Gasteiger partial charge is 0.254 e. The lowest BCUT2D eigenvalue weighted by Gasteiger charge is -2.38. The van der Waals surface area contributed by atoms with Crippen molar-refractivity contribution in [2.24, 2.45) is 5.92 Å². The minimum absolute atomic E-state index is 0.0463. The Hall–Kier alpha value is -2.40. The Morgan fingerprint density at radius 3 is 2.81 bits per heavy atom. The molecule has 1 aliphatic heterocycles. The largest absolute Gasteiger partial charge is 0.493 e. The third-order valence-electron chi connectivity index (χ3n) is 5.35. The van der Waals surface area contributed by atoms with Gasteiger partial charge in [0.1, 0.15) is 11.6 Å². The fraction of sp³-hybridized carbons (Fsp3) is 0.381. The Morgan fingerprint density at radius 1 is 1.27 bits per heavy atom. The molecule has 26 heavy (non-hydrogen) atoms. The van der Waals surface area contributed by atoms with E-state index in [1.807, 2.05) is 12.1 Å². The van der Waals surface area contributed by atoms with Gasteiger partial charge in [0, 0.05) is 6.42 Å². The second-order valence-electron chi connectivity index (χ2n) is 7.29. The number of carbonyl (C=O) groups is 1. The quantitative estimate of drug-likeness (QED) is 0.885. The fourth-order valence-corrected chi connectivity index (χ4v) is 3.80. The molecule has 1 heterocycles. The van der Waals surface area contributed by atoms with Crippen molar-refractivity contribution in [1.29, 1.82) is 0 Å². The Labute approximate surface area is 152 Å². The Morgan fingerprint density at radius 2 is 2.08 bits per heavy atom. The summed E-state index contributed by atoms with van der Waals surface area (Å²) >= 11 is 0. The number of aryl methyl sites for hydroxylation is 1. The second kappa shape index (κ2) is 6.72. The standard InChI is InChI=1S/C21H22FNO3/c1-12-2-4-17(18(22)8-12)21(25)23-20(15-10-16(24)11-15)14-3-5-19-13(9-14)6-7-26-19/h2-5,8-9,15-16,20,24H,6-7,10-11H2,1H3,(H,23,25)/t15?,16?,20-/m0/s1. The summed E-state index contributed by atoms with van der Waals surface area (Å²) in [6.07, 6.45) is 1.79.